The van der Waals surface area contributed by atoms with Gasteiger partial charge in [0.25, 0.3) is 0 Å². The van der Waals surface area contributed by atoms with Gasteiger partial charge in [-0.1, -0.05) is 53.9 Å². The van der Waals surface area contributed by atoms with Gasteiger partial charge in [0.2, 0.25) is 0 Å². The highest BCUT2D eigenvalue weighted by molar-refractivity contribution is 5.71. The van der Waals surface area contributed by atoms with E-state index in [2.05, 4.69) is 43.2 Å². The van der Waals surface area contributed by atoms with E-state index >= 15 is 0 Å². The van der Waals surface area contributed by atoms with Crippen molar-refractivity contribution in [2.45, 2.75) is 6.92 Å². The molecule has 0 spiro atoms. The zero-order chi connectivity index (χ0) is 10.7. The van der Waals surface area contributed by atoms with Crippen molar-refractivity contribution < 1.29 is 0 Å². The average Bonchev–Trinajstić information content (AvgIpc) is 2.29. The third kappa shape index (κ3) is 1.92. The number of hydrogen-bond acceptors (Lipinski definition) is 0. The highest BCUT2D eigenvalue weighted by atomic mass is 14.0. The molecule has 0 saturated heterocycles. The SMILES string of the molecule is C#Cc1ccccc1-c1cccc(C)c1. The molecule has 0 fully saturated rings. The molecular weight excluding hydrogens is 180 g/mol. The Morgan fingerprint density at radius 3 is 2.53 bits per heavy atom. The normalized spacial score (nSPS) is 9.60. The first kappa shape index (κ1) is 9.55. The lowest BCUT2D eigenvalue weighted by Gasteiger charge is -2.05. The first-order valence-electron chi connectivity index (χ1n) is 4.94. The van der Waals surface area contributed by atoms with Crippen LogP contribution in [0.1, 0.15) is 11.1 Å². The van der Waals surface area contributed by atoms with Gasteiger partial charge in [-0.05, 0) is 24.1 Å². The second kappa shape index (κ2) is 4.02. The second-order valence-corrected chi connectivity index (χ2v) is 3.56. The van der Waals surface area contributed by atoms with Gasteiger partial charge in [0.1, 0.15) is 0 Å². The van der Waals surface area contributed by atoms with Crippen molar-refractivity contribution >= 4 is 0 Å². The summed E-state index contributed by atoms with van der Waals surface area (Å²) in [6.45, 7) is 2.09. The molecule has 0 atom stereocenters. The van der Waals surface area contributed by atoms with E-state index in [1.54, 1.807) is 0 Å². The molecule has 0 unspecified atom stereocenters. The molecule has 0 N–H and O–H groups in total. The Kier molecular flexibility index (Phi) is 2.56. The van der Waals surface area contributed by atoms with Crippen LogP contribution < -0.4 is 0 Å². The Hall–Kier alpha value is -2.00. The number of rotatable bonds is 1. The molecular formula is C15H12. The molecule has 0 amide bonds. The minimum Gasteiger partial charge on any atom is -0.115 e. The molecule has 72 valence electrons. The third-order valence-corrected chi connectivity index (χ3v) is 2.41. The van der Waals surface area contributed by atoms with Crippen molar-refractivity contribution in [2.24, 2.45) is 0 Å². The summed E-state index contributed by atoms with van der Waals surface area (Å²) in [5.74, 6) is 2.71. The van der Waals surface area contributed by atoms with Crippen LogP contribution >= 0.6 is 0 Å². The van der Waals surface area contributed by atoms with Gasteiger partial charge in [0.15, 0.2) is 0 Å². The molecule has 2 rings (SSSR count). The Balaban J connectivity index is 2.60. The summed E-state index contributed by atoms with van der Waals surface area (Å²) in [4.78, 5) is 0. The molecule has 0 aliphatic carbocycles. The maximum Gasteiger partial charge on any atom is 0.0321 e. The summed E-state index contributed by atoms with van der Waals surface area (Å²) in [6, 6.07) is 16.4. The van der Waals surface area contributed by atoms with E-state index in [4.69, 9.17) is 6.42 Å². The lowest BCUT2D eigenvalue weighted by molar-refractivity contribution is 1.46. The van der Waals surface area contributed by atoms with Gasteiger partial charge in [-0.3, -0.25) is 0 Å². The van der Waals surface area contributed by atoms with Gasteiger partial charge >= 0.3 is 0 Å². The molecule has 0 heteroatoms. The van der Waals surface area contributed by atoms with E-state index in [0.717, 1.165) is 11.1 Å². The molecule has 15 heavy (non-hydrogen) atoms. The maximum atomic E-state index is 5.48. The number of terminal acetylenes is 1. The van der Waals surface area contributed by atoms with Crippen LogP contribution in [0, 0.1) is 19.3 Å². The quantitative estimate of drug-likeness (QED) is 0.605. The van der Waals surface area contributed by atoms with E-state index in [9.17, 15) is 0 Å². The predicted molar refractivity (Wildman–Crippen MR) is 64.6 cm³/mol. The van der Waals surface area contributed by atoms with Crippen LogP contribution in [0.15, 0.2) is 48.5 Å². The van der Waals surface area contributed by atoms with Gasteiger partial charge in [-0.25, -0.2) is 0 Å². The van der Waals surface area contributed by atoms with Crippen LogP contribution in [-0.4, -0.2) is 0 Å². The molecule has 0 saturated carbocycles. The van der Waals surface area contributed by atoms with Crippen LogP contribution in [-0.2, 0) is 0 Å². The van der Waals surface area contributed by atoms with Crippen LogP contribution in [0.25, 0.3) is 11.1 Å². The summed E-state index contributed by atoms with van der Waals surface area (Å²) in [6.07, 6.45) is 5.48. The van der Waals surface area contributed by atoms with Crippen molar-refractivity contribution in [3.8, 4) is 23.5 Å². The van der Waals surface area contributed by atoms with Gasteiger partial charge in [-0.15, -0.1) is 6.42 Å². The van der Waals surface area contributed by atoms with Gasteiger partial charge < -0.3 is 0 Å². The van der Waals surface area contributed by atoms with Crippen molar-refractivity contribution in [3.05, 3.63) is 59.7 Å². The second-order valence-electron chi connectivity index (χ2n) is 3.56. The van der Waals surface area contributed by atoms with Gasteiger partial charge in [0.05, 0.1) is 0 Å². The zero-order valence-corrected chi connectivity index (χ0v) is 8.70. The average molecular weight is 192 g/mol. The maximum absolute atomic E-state index is 5.48. The molecule has 0 aliphatic heterocycles. The Morgan fingerprint density at radius 1 is 1.00 bits per heavy atom. The van der Waals surface area contributed by atoms with Crippen molar-refractivity contribution in [3.63, 3.8) is 0 Å². The summed E-state index contributed by atoms with van der Waals surface area (Å²) in [5.41, 5.74) is 4.51. The van der Waals surface area contributed by atoms with E-state index in [1.165, 1.54) is 11.1 Å². The molecule has 0 aromatic heterocycles. The number of hydrogen-bond donors (Lipinski definition) is 0. The third-order valence-electron chi connectivity index (χ3n) is 2.41. The van der Waals surface area contributed by atoms with Crippen molar-refractivity contribution in [2.75, 3.05) is 0 Å². The van der Waals surface area contributed by atoms with Crippen LogP contribution in [0.2, 0.25) is 0 Å². The van der Waals surface area contributed by atoms with Gasteiger partial charge in [0, 0.05) is 5.56 Å². The fraction of sp³-hybridized carbons (Fsp3) is 0.0667. The molecule has 0 bridgehead atoms. The molecule has 0 nitrogen and oxygen atoms in total. The first-order valence-corrected chi connectivity index (χ1v) is 4.94. The van der Waals surface area contributed by atoms with E-state index in [0.29, 0.717) is 0 Å². The largest absolute Gasteiger partial charge is 0.115 e. The van der Waals surface area contributed by atoms with Gasteiger partial charge in [-0.2, -0.15) is 0 Å². The minimum atomic E-state index is 0.947. The van der Waals surface area contributed by atoms with Crippen molar-refractivity contribution in [1.82, 2.24) is 0 Å². The molecule has 2 aromatic rings. The topological polar surface area (TPSA) is 0 Å². The summed E-state index contributed by atoms with van der Waals surface area (Å²) in [7, 11) is 0. The van der Waals surface area contributed by atoms with Crippen molar-refractivity contribution in [1.29, 1.82) is 0 Å². The Bertz CT molecular complexity index is 516. The molecule has 0 aliphatic rings. The standard InChI is InChI=1S/C15H12/c1-3-13-8-4-5-10-15(13)14-9-6-7-12(2)11-14/h1,4-11H,2H3. The number of aryl methyl sites for hydroxylation is 1. The fourth-order valence-corrected chi connectivity index (χ4v) is 1.67. The Labute approximate surface area is 90.6 Å². The molecule has 0 radical (unpaired) electrons. The van der Waals surface area contributed by atoms with Crippen LogP contribution in [0.3, 0.4) is 0 Å². The highest BCUT2D eigenvalue weighted by Crippen LogP contribution is 2.23. The highest BCUT2D eigenvalue weighted by Gasteiger charge is 2.01. The first-order chi connectivity index (χ1) is 7.31. The lowest BCUT2D eigenvalue weighted by atomic mass is 9.99. The monoisotopic (exact) mass is 192 g/mol. The smallest absolute Gasteiger partial charge is 0.0321 e. The molecule has 0 heterocycles. The summed E-state index contributed by atoms with van der Waals surface area (Å²) < 4.78 is 0. The number of benzene rings is 2. The van der Waals surface area contributed by atoms with E-state index in [1.807, 2.05) is 18.2 Å². The predicted octanol–water partition coefficient (Wildman–Crippen LogP) is 3.64. The minimum absolute atomic E-state index is 0.947. The summed E-state index contributed by atoms with van der Waals surface area (Å²) >= 11 is 0. The Morgan fingerprint density at radius 2 is 1.80 bits per heavy atom. The fourth-order valence-electron chi connectivity index (χ4n) is 1.67. The van der Waals surface area contributed by atoms with Crippen LogP contribution in [0.5, 0.6) is 0 Å². The summed E-state index contributed by atoms with van der Waals surface area (Å²) in [5, 5.41) is 0. The van der Waals surface area contributed by atoms with E-state index in [-0.39, 0.29) is 0 Å². The van der Waals surface area contributed by atoms with Crippen LogP contribution in [0.4, 0.5) is 0 Å². The molecule has 2 aromatic carbocycles. The lowest BCUT2D eigenvalue weighted by Crippen LogP contribution is -1.84. The zero-order valence-electron chi connectivity index (χ0n) is 8.70. The van der Waals surface area contributed by atoms with E-state index < -0.39 is 0 Å².